The molecule has 0 aromatic heterocycles. The summed E-state index contributed by atoms with van der Waals surface area (Å²) < 4.78 is 22.7. The molecule has 0 aliphatic carbocycles. The molecule has 0 aliphatic rings. The SMILES string of the molecule is O=C(COC(=O)COc1ccc(F)cc1)NCCc1ccc(Cl)cc1Cl. The summed E-state index contributed by atoms with van der Waals surface area (Å²) in [4.78, 5) is 23.2. The average Bonchev–Trinajstić information content (AvgIpc) is 2.61. The van der Waals surface area contributed by atoms with Crippen molar-refractivity contribution < 1.29 is 23.5 Å². The number of carbonyl (C=O) groups excluding carboxylic acids is 2. The molecule has 8 heteroatoms. The molecule has 0 bridgehead atoms. The number of esters is 1. The molecule has 0 unspecified atom stereocenters. The van der Waals surface area contributed by atoms with Crippen LogP contribution in [0.1, 0.15) is 5.56 Å². The number of hydrogen-bond acceptors (Lipinski definition) is 4. The summed E-state index contributed by atoms with van der Waals surface area (Å²) in [7, 11) is 0. The fourth-order valence-corrected chi connectivity index (χ4v) is 2.48. The maximum absolute atomic E-state index is 12.7. The first-order chi connectivity index (χ1) is 12.4. The minimum atomic E-state index is -0.703. The van der Waals surface area contributed by atoms with E-state index in [-0.39, 0.29) is 6.61 Å². The third-order valence-electron chi connectivity index (χ3n) is 3.27. The van der Waals surface area contributed by atoms with Gasteiger partial charge in [-0.1, -0.05) is 29.3 Å². The van der Waals surface area contributed by atoms with Crippen molar-refractivity contribution in [3.8, 4) is 5.75 Å². The second-order valence-electron chi connectivity index (χ2n) is 5.24. The van der Waals surface area contributed by atoms with Gasteiger partial charge in [-0.25, -0.2) is 9.18 Å². The predicted octanol–water partition coefficient (Wildman–Crippen LogP) is 3.41. The average molecular weight is 400 g/mol. The van der Waals surface area contributed by atoms with Crippen LogP contribution in [-0.2, 0) is 20.7 Å². The highest BCUT2D eigenvalue weighted by Gasteiger charge is 2.09. The summed E-state index contributed by atoms with van der Waals surface area (Å²) in [5.74, 6) is -1.22. The van der Waals surface area contributed by atoms with E-state index in [9.17, 15) is 14.0 Å². The van der Waals surface area contributed by atoms with E-state index >= 15 is 0 Å². The molecular weight excluding hydrogens is 384 g/mol. The normalized spacial score (nSPS) is 10.3. The van der Waals surface area contributed by atoms with Gasteiger partial charge in [0.25, 0.3) is 5.91 Å². The van der Waals surface area contributed by atoms with Crippen LogP contribution < -0.4 is 10.1 Å². The van der Waals surface area contributed by atoms with Gasteiger partial charge in [0, 0.05) is 16.6 Å². The first kappa shape index (κ1) is 20.0. The van der Waals surface area contributed by atoms with Crippen molar-refractivity contribution in [2.75, 3.05) is 19.8 Å². The lowest BCUT2D eigenvalue weighted by Crippen LogP contribution is -2.31. The van der Waals surface area contributed by atoms with Crippen LogP contribution in [0.2, 0.25) is 10.0 Å². The molecule has 0 fully saturated rings. The highest BCUT2D eigenvalue weighted by atomic mass is 35.5. The molecule has 1 N–H and O–H groups in total. The lowest BCUT2D eigenvalue weighted by Gasteiger charge is -2.09. The van der Waals surface area contributed by atoms with Crippen LogP contribution in [0.25, 0.3) is 0 Å². The van der Waals surface area contributed by atoms with E-state index in [0.717, 1.165) is 5.56 Å². The van der Waals surface area contributed by atoms with Crippen LogP contribution in [0.15, 0.2) is 42.5 Å². The van der Waals surface area contributed by atoms with Crippen molar-refractivity contribution in [3.05, 3.63) is 63.9 Å². The molecular formula is C18H16Cl2FNO4. The molecule has 0 aliphatic heterocycles. The first-order valence-corrected chi connectivity index (χ1v) is 8.44. The zero-order valence-electron chi connectivity index (χ0n) is 13.6. The minimum Gasteiger partial charge on any atom is -0.482 e. The van der Waals surface area contributed by atoms with Gasteiger partial charge < -0.3 is 14.8 Å². The summed E-state index contributed by atoms with van der Waals surface area (Å²) in [5, 5.41) is 3.68. The molecule has 0 atom stereocenters. The van der Waals surface area contributed by atoms with Gasteiger partial charge in [-0.15, -0.1) is 0 Å². The summed E-state index contributed by atoms with van der Waals surface area (Å²) in [6.07, 6.45) is 0.517. The van der Waals surface area contributed by atoms with Crippen LogP contribution in [0.5, 0.6) is 5.75 Å². The second-order valence-corrected chi connectivity index (χ2v) is 6.08. The van der Waals surface area contributed by atoms with E-state index in [2.05, 4.69) is 5.32 Å². The number of amides is 1. The van der Waals surface area contributed by atoms with Crippen molar-refractivity contribution in [3.63, 3.8) is 0 Å². The molecule has 2 aromatic rings. The Hall–Kier alpha value is -2.31. The van der Waals surface area contributed by atoms with Crippen molar-refractivity contribution in [2.45, 2.75) is 6.42 Å². The Bertz CT molecular complexity index is 768. The molecule has 138 valence electrons. The Balaban J connectivity index is 1.63. The van der Waals surface area contributed by atoms with Gasteiger partial charge in [0.2, 0.25) is 0 Å². The molecule has 26 heavy (non-hydrogen) atoms. The number of ether oxygens (including phenoxy) is 2. The minimum absolute atomic E-state index is 0.327. The standard InChI is InChI=1S/C18H16Cl2FNO4/c19-13-2-1-12(16(20)9-13)7-8-22-17(23)10-26-18(24)11-25-15-5-3-14(21)4-6-15/h1-6,9H,7-8,10-11H2,(H,22,23). The zero-order valence-corrected chi connectivity index (χ0v) is 15.1. The van der Waals surface area contributed by atoms with Gasteiger partial charge in [0.1, 0.15) is 11.6 Å². The van der Waals surface area contributed by atoms with Crippen molar-refractivity contribution in [1.29, 1.82) is 0 Å². The predicted molar refractivity (Wildman–Crippen MR) is 96.0 cm³/mol. The van der Waals surface area contributed by atoms with Crippen LogP contribution >= 0.6 is 23.2 Å². The van der Waals surface area contributed by atoms with Crippen LogP contribution in [0.3, 0.4) is 0 Å². The van der Waals surface area contributed by atoms with Gasteiger partial charge in [0.05, 0.1) is 0 Å². The number of carbonyl (C=O) groups is 2. The lowest BCUT2D eigenvalue weighted by molar-refractivity contribution is -0.150. The zero-order chi connectivity index (χ0) is 18.9. The van der Waals surface area contributed by atoms with Gasteiger partial charge in [-0.2, -0.15) is 0 Å². The fourth-order valence-electron chi connectivity index (χ4n) is 1.97. The summed E-state index contributed by atoms with van der Waals surface area (Å²) in [6, 6.07) is 10.3. The van der Waals surface area contributed by atoms with E-state index in [4.69, 9.17) is 32.7 Å². The highest BCUT2D eigenvalue weighted by molar-refractivity contribution is 6.35. The Kier molecular flexibility index (Phi) is 7.69. The Morgan fingerprint density at radius 3 is 2.46 bits per heavy atom. The van der Waals surface area contributed by atoms with Crippen LogP contribution in [0, 0.1) is 5.82 Å². The highest BCUT2D eigenvalue weighted by Crippen LogP contribution is 2.21. The maximum atomic E-state index is 12.7. The molecule has 0 radical (unpaired) electrons. The van der Waals surface area contributed by atoms with E-state index in [1.54, 1.807) is 18.2 Å². The largest absolute Gasteiger partial charge is 0.482 e. The Morgan fingerprint density at radius 1 is 1.04 bits per heavy atom. The number of hydrogen-bond donors (Lipinski definition) is 1. The third kappa shape index (κ3) is 6.90. The number of halogens is 3. The van der Waals surface area contributed by atoms with E-state index in [0.29, 0.717) is 28.8 Å². The fraction of sp³-hybridized carbons (Fsp3) is 0.222. The topological polar surface area (TPSA) is 64.6 Å². The molecule has 0 saturated heterocycles. The third-order valence-corrected chi connectivity index (χ3v) is 3.85. The van der Waals surface area contributed by atoms with Crippen LogP contribution in [-0.4, -0.2) is 31.6 Å². The molecule has 1 amide bonds. The molecule has 5 nitrogen and oxygen atoms in total. The first-order valence-electron chi connectivity index (χ1n) is 7.68. The molecule has 2 rings (SSSR count). The number of rotatable bonds is 8. The van der Waals surface area contributed by atoms with Crippen molar-refractivity contribution >= 4 is 35.1 Å². The number of nitrogens with one attached hydrogen (secondary N) is 1. The van der Waals surface area contributed by atoms with Gasteiger partial charge in [0.15, 0.2) is 13.2 Å². The van der Waals surface area contributed by atoms with Crippen molar-refractivity contribution in [1.82, 2.24) is 5.32 Å². The second kappa shape index (κ2) is 9.99. The smallest absolute Gasteiger partial charge is 0.344 e. The summed E-state index contributed by atoms with van der Waals surface area (Å²) >= 11 is 11.9. The quantitative estimate of drug-likeness (QED) is 0.690. The monoisotopic (exact) mass is 399 g/mol. The lowest BCUT2D eigenvalue weighted by atomic mass is 10.1. The molecule has 0 heterocycles. The van der Waals surface area contributed by atoms with Gasteiger partial charge >= 0.3 is 5.97 Å². The van der Waals surface area contributed by atoms with Crippen molar-refractivity contribution in [2.24, 2.45) is 0 Å². The summed E-state index contributed by atoms with van der Waals surface area (Å²) in [5.41, 5.74) is 0.848. The van der Waals surface area contributed by atoms with E-state index < -0.39 is 24.3 Å². The van der Waals surface area contributed by atoms with Gasteiger partial charge in [-0.3, -0.25) is 4.79 Å². The molecule has 0 saturated carbocycles. The Labute approximate surface area is 160 Å². The van der Waals surface area contributed by atoms with E-state index in [1.807, 2.05) is 0 Å². The summed E-state index contributed by atoms with van der Waals surface area (Å²) in [6.45, 7) is -0.455. The van der Waals surface area contributed by atoms with Gasteiger partial charge in [-0.05, 0) is 48.4 Å². The number of benzene rings is 2. The van der Waals surface area contributed by atoms with Crippen LogP contribution in [0.4, 0.5) is 4.39 Å². The molecule has 0 spiro atoms. The molecule has 2 aromatic carbocycles. The van der Waals surface area contributed by atoms with E-state index in [1.165, 1.54) is 24.3 Å². The maximum Gasteiger partial charge on any atom is 0.344 e. The Morgan fingerprint density at radius 2 is 1.77 bits per heavy atom.